The van der Waals surface area contributed by atoms with E-state index in [2.05, 4.69) is 0 Å². The number of para-hydroxylation sites is 1. The number of nitrogens with two attached hydrogens (primary N) is 1. The Bertz CT molecular complexity index is 616. The van der Waals surface area contributed by atoms with Gasteiger partial charge in [0.25, 0.3) is 0 Å². The number of halogens is 1. The summed E-state index contributed by atoms with van der Waals surface area (Å²) >= 11 is 6.02. The Hall–Kier alpha value is -2.04. The van der Waals surface area contributed by atoms with E-state index in [9.17, 15) is 4.79 Å². The van der Waals surface area contributed by atoms with Crippen LogP contribution >= 0.6 is 11.6 Å². The van der Waals surface area contributed by atoms with E-state index in [1.54, 1.807) is 36.4 Å². The summed E-state index contributed by atoms with van der Waals surface area (Å²) in [5.74, 6) is 0.171. The second-order valence-electron chi connectivity index (χ2n) is 4.31. The fraction of sp³-hybridized carbons (Fsp3) is 0.133. The molecule has 0 fully saturated rings. The average molecular weight is 292 g/mol. The molecule has 0 heterocycles. The summed E-state index contributed by atoms with van der Waals surface area (Å²) in [5, 5.41) is 9.26. The lowest BCUT2D eigenvalue weighted by Gasteiger charge is -2.12. The molecule has 0 saturated heterocycles. The van der Waals surface area contributed by atoms with E-state index < -0.39 is 12.0 Å². The first-order chi connectivity index (χ1) is 9.56. The number of hydrogen-bond acceptors (Lipinski definition) is 3. The molecule has 0 bridgehead atoms. The summed E-state index contributed by atoms with van der Waals surface area (Å²) in [6.07, 6.45) is -0.129. The van der Waals surface area contributed by atoms with Gasteiger partial charge in [-0.05, 0) is 29.8 Å². The van der Waals surface area contributed by atoms with Gasteiger partial charge in [-0.2, -0.15) is 0 Å². The van der Waals surface area contributed by atoms with Crippen molar-refractivity contribution in [1.29, 1.82) is 0 Å². The van der Waals surface area contributed by atoms with Crippen molar-refractivity contribution in [3.8, 4) is 11.5 Å². The van der Waals surface area contributed by atoms with Crippen molar-refractivity contribution in [2.75, 3.05) is 0 Å². The highest BCUT2D eigenvalue weighted by molar-refractivity contribution is 6.32. The Kier molecular flexibility index (Phi) is 4.61. The second kappa shape index (κ2) is 6.41. The quantitative estimate of drug-likeness (QED) is 0.882. The molecule has 2 aromatic rings. The van der Waals surface area contributed by atoms with Gasteiger partial charge in [-0.3, -0.25) is 4.79 Å². The average Bonchev–Trinajstić information content (AvgIpc) is 2.41. The summed E-state index contributed by atoms with van der Waals surface area (Å²) in [4.78, 5) is 10.7. The van der Waals surface area contributed by atoms with Crippen LogP contribution in [0.2, 0.25) is 5.02 Å². The maximum Gasteiger partial charge on any atom is 0.305 e. The minimum absolute atomic E-state index is 0.129. The molecule has 0 saturated carbocycles. The van der Waals surface area contributed by atoms with Crippen LogP contribution in [-0.4, -0.2) is 11.1 Å². The largest absolute Gasteiger partial charge is 0.481 e. The molecule has 0 radical (unpaired) electrons. The zero-order valence-corrected chi connectivity index (χ0v) is 11.4. The second-order valence-corrected chi connectivity index (χ2v) is 4.72. The summed E-state index contributed by atoms with van der Waals surface area (Å²) < 4.78 is 5.67. The van der Waals surface area contributed by atoms with Crippen molar-refractivity contribution in [1.82, 2.24) is 0 Å². The predicted molar refractivity (Wildman–Crippen MR) is 77.1 cm³/mol. The van der Waals surface area contributed by atoms with Crippen LogP contribution in [0.25, 0.3) is 0 Å². The molecule has 3 N–H and O–H groups in total. The highest BCUT2D eigenvalue weighted by Crippen LogP contribution is 2.30. The van der Waals surface area contributed by atoms with E-state index in [-0.39, 0.29) is 6.42 Å². The molecular weight excluding hydrogens is 278 g/mol. The summed E-state index contributed by atoms with van der Waals surface area (Å²) in [6, 6.07) is 13.6. The smallest absolute Gasteiger partial charge is 0.305 e. The van der Waals surface area contributed by atoms with E-state index in [4.69, 9.17) is 27.2 Å². The van der Waals surface area contributed by atoms with Crippen molar-refractivity contribution in [3.63, 3.8) is 0 Å². The SMILES string of the molecule is N[C@@H](CC(=O)O)c1cccc(Oc2ccccc2Cl)c1. The highest BCUT2D eigenvalue weighted by atomic mass is 35.5. The fourth-order valence-corrected chi connectivity index (χ4v) is 1.94. The van der Waals surface area contributed by atoms with Gasteiger partial charge in [0.15, 0.2) is 0 Å². The third-order valence-electron chi connectivity index (χ3n) is 2.75. The summed E-state index contributed by atoms with van der Waals surface area (Å²) in [7, 11) is 0. The molecule has 0 unspecified atom stereocenters. The van der Waals surface area contributed by atoms with Crippen LogP contribution in [-0.2, 0) is 4.79 Å². The van der Waals surface area contributed by atoms with Gasteiger partial charge in [0.2, 0.25) is 0 Å². The lowest BCUT2D eigenvalue weighted by Crippen LogP contribution is -2.14. The van der Waals surface area contributed by atoms with Crippen LogP contribution in [0.1, 0.15) is 18.0 Å². The summed E-state index contributed by atoms with van der Waals surface area (Å²) in [5.41, 5.74) is 6.53. The normalized spacial score (nSPS) is 11.9. The molecule has 104 valence electrons. The first-order valence-electron chi connectivity index (χ1n) is 6.06. The van der Waals surface area contributed by atoms with Gasteiger partial charge < -0.3 is 15.6 Å². The monoisotopic (exact) mass is 291 g/mol. The Balaban J connectivity index is 2.18. The zero-order valence-electron chi connectivity index (χ0n) is 10.6. The van der Waals surface area contributed by atoms with Gasteiger partial charge in [-0.15, -0.1) is 0 Å². The van der Waals surface area contributed by atoms with Gasteiger partial charge >= 0.3 is 5.97 Å². The summed E-state index contributed by atoms with van der Waals surface area (Å²) in [6.45, 7) is 0. The lowest BCUT2D eigenvalue weighted by atomic mass is 10.0. The van der Waals surface area contributed by atoms with Crippen LogP contribution in [0.4, 0.5) is 0 Å². The minimum Gasteiger partial charge on any atom is -0.481 e. The molecule has 2 rings (SSSR count). The fourth-order valence-electron chi connectivity index (χ4n) is 1.77. The molecule has 2 aromatic carbocycles. The predicted octanol–water partition coefficient (Wildman–Crippen LogP) is 3.61. The standard InChI is InChI=1S/C15H14ClNO3/c16-12-6-1-2-7-14(12)20-11-5-3-4-10(8-11)13(17)9-15(18)19/h1-8,13H,9,17H2,(H,18,19)/t13-/m0/s1. The first kappa shape index (κ1) is 14.4. The minimum atomic E-state index is -0.935. The van der Waals surface area contributed by atoms with Crippen molar-refractivity contribution >= 4 is 17.6 Å². The van der Waals surface area contributed by atoms with E-state index in [1.807, 2.05) is 12.1 Å². The molecule has 1 atom stereocenters. The van der Waals surface area contributed by atoms with Crippen molar-refractivity contribution in [2.24, 2.45) is 5.73 Å². The number of rotatable bonds is 5. The van der Waals surface area contributed by atoms with E-state index >= 15 is 0 Å². The maximum absolute atomic E-state index is 10.7. The third-order valence-corrected chi connectivity index (χ3v) is 3.06. The van der Waals surface area contributed by atoms with Crippen LogP contribution in [0, 0.1) is 0 Å². The van der Waals surface area contributed by atoms with Crippen LogP contribution in [0.15, 0.2) is 48.5 Å². The maximum atomic E-state index is 10.7. The number of hydrogen-bond donors (Lipinski definition) is 2. The van der Waals surface area contributed by atoms with Gasteiger partial charge in [-0.1, -0.05) is 35.9 Å². The first-order valence-corrected chi connectivity index (χ1v) is 6.44. The number of benzene rings is 2. The number of carbonyl (C=O) groups is 1. The number of carboxylic acid groups (broad SMARTS) is 1. The van der Waals surface area contributed by atoms with Crippen molar-refractivity contribution in [3.05, 3.63) is 59.1 Å². The number of ether oxygens (including phenoxy) is 1. The molecule has 0 aliphatic carbocycles. The van der Waals surface area contributed by atoms with Crippen LogP contribution < -0.4 is 10.5 Å². The Morgan fingerprint density at radius 3 is 2.70 bits per heavy atom. The van der Waals surface area contributed by atoms with Crippen LogP contribution in [0.5, 0.6) is 11.5 Å². The molecule has 20 heavy (non-hydrogen) atoms. The molecule has 5 heteroatoms. The van der Waals surface area contributed by atoms with E-state index in [1.165, 1.54) is 0 Å². The number of carboxylic acids is 1. The third kappa shape index (κ3) is 3.73. The topological polar surface area (TPSA) is 72.6 Å². The molecule has 0 spiro atoms. The lowest BCUT2D eigenvalue weighted by molar-refractivity contribution is -0.137. The van der Waals surface area contributed by atoms with E-state index in [0.717, 1.165) is 0 Å². The molecule has 0 aromatic heterocycles. The van der Waals surface area contributed by atoms with Gasteiger partial charge in [0, 0.05) is 6.04 Å². The molecular formula is C15H14ClNO3. The Labute approximate surface area is 121 Å². The molecule has 0 aliphatic heterocycles. The Morgan fingerprint density at radius 2 is 2.00 bits per heavy atom. The van der Waals surface area contributed by atoms with Gasteiger partial charge in [0.05, 0.1) is 11.4 Å². The van der Waals surface area contributed by atoms with Crippen molar-refractivity contribution in [2.45, 2.75) is 12.5 Å². The number of aliphatic carboxylic acids is 1. The zero-order chi connectivity index (χ0) is 14.5. The van der Waals surface area contributed by atoms with Gasteiger partial charge in [-0.25, -0.2) is 0 Å². The van der Waals surface area contributed by atoms with Gasteiger partial charge in [0.1, 0.15) is 11.5 Å². The van der Waals surface area contributed by atoms with E-state index in [0.29, 0.717) is 22.1 Å². The Morgan fingerprint density at radius 1 is 1.25 bits per heavy atom. The van der Waals surface area contributed by atoms with Crippen molar-refractivity contribution < 1.29 is 14.6 Å². The van der Waals surface area contributed by atoms with Crippen LogP contribution in [0.3, 0.4) is 0 Å². The molecule has 4 nitrogen and oxygen atoms in total. The molecule has 0 aliphatic rings. The molecule has 0 amide bonds. The highest BCUT2D eigenvalue weighted by Gasteiger charge is 2.11.